The molecule has 0 atom stereocenters. The van der Waals surface area contributed by atoms with Gasteiger partial charge in [-0.2, -0.15) is 0 Å². The van der Waals surface area contributed by atoms with Crippen LogP contribution in [-0.2, 0) is 11.2 Å². The van der Waals surface area contributed by atoms with Crippen molar-refractivity contribution in [2.75, 3.05) is 16.9 Å². The molecule has 26 heavy (non-hydrogen) atoms. The van der Waals surface area contributed by atoms with Gasteiger partial charge in [-0.1, -0.05) is 60.6 Å². The van der Waals surface area contributed by atoms with Crippen molar-refractivity contribution in [1.29, 1.82) is 0 Å². The second-order valence-corrected chi connectivity index (χ2v) is 6.91. The van der Waals surface area contributed by atoms with Gasteiger partial charge in [0, 0.05) is 16.3 Å². The number of anilines is 1. The van der Waals surface area contributed by atoms with Gasteiger partial charge in [-0.25, -0.2) is 4.68 Å². The van der Waals surface area contributed by atoms with Crippen molar-refractivity contribution in [1.82, 2.24) is 14.9 Å². The Labute approximate surface area is 160 Å². The quantitative estimate of drug-likeness (QED) is 0.498. The van der Waals surface area contributed by atoms with E-state index in [1.807, 2.05) is 43.3 Å². The van der Waals surface area contributed by atoms with Crippen LogP contribution in [0.5, 0.6) is 0 Å². The molecule has 134 valence electrons. The van der Waals surface area contributed by atoms with Crippen molar-refractivity contribution in [3.63, 3.8) is 0 Å². The third kappa shape index (κ3) is 4.17. The Bertz CT molecular complexity index is 927. The number of aromatic nitrogens is 3. The number of nitrogen functional groups attached to an aromatic ring is 1. The lowest BCUT2D eigenvalue weighted by Gasteiger charge is -2.09. The first kappa shape index (κ1) is 18.3. The van der Waals surface area contributed by atoms with E-state index >= 15 is 0 Å². The van der Waals surface area contributed by atoms with Crippen LogP contribution in [0.4, 0.5) is 5.69 Å². The third-order valence-electron chi connectivity index (χ3n) is 3.75. The number of hydrogen-bond acceptors (Lipinski definition) is 5. The monoisotopic (exact) mass is 387 g/mol. The minimum Gasteiger partial charge on any atom is -0.335 e. The van der Waals surface area contributed by atoms with Crippen molar-refractivity contribution in [3.05, 3.63) is 59.1 Å². The molecule has 1 amide bonds. The summed E-state index contributed by atoms with van der Waals surface area (Å²) in [7, 11) is 0. The van der Waals surface area contributed by atoms with E-state index in [0.717, 1.165) is 23.2 Å². The largest absolute Gasteiger partial charge is 0.335 e. The zero-order valence-corrected chi connectivity index (χ0v) is 15.7. The summed E-state index contributed by atoms with van der Waals surface area (Å²) in [5.74, 6) is 6.62. The van der Waals surface area contributed by atoms with Crippen molar-refractivity contribution in [2.24, 2.45) is 0 Å². The Morgan fingerprint density at radius 1 is 1.23 bits per heavy atom. The first-order valence-corrected chi connectivity index (χ1v) is 9.42. The van der Waals surface area contributed by atoms with Crippen molar-refractivity contribution < 1.29 is 4.79 Å². The van der Waals surface area contributed by atoms with Crippen LogP contribution in [0.15, 0.2) is 53.7 Å². The molecule has 0 saturated heterocycles. The molecule has 0 aliphatic carbocycles. The molecule has 3 N–H and O–H groups in total. The van der Waals surface area contributed by atoms with Crippen molar-refractivity contribution in [2.45, 2.75) is 18.5 Å². The van der Waals surface area contributed by atoms with Gasteiger partial charge in [-0.3, -0.25) is 4.79 Å². The number of nitrogens with one attached hydrogen (secondary N) is 1. The lowest BCUT2D eigenvalue weighted by molar-refractivity contribution is -0.113. The molecule has 3 rings (SSSR count). The van der Waals surface area contributed by atoms with Gasteiger partial charge < -0.3 is 11.2 Å². The van der Waals surface area contributed by atoms with Crippen LogP contribution >= 0.6 is 23.4 Å². The van der Waals surface area contributed by atoms with E-state index in [-0.39, 0.29) is 11.7 Å². The van der Waals surface area contributed by atoms with Crippen molar-refractivity contribution >= 4 is 35.0 Å². The maximum absolute atomic E-state index is 12.2. The number of hydrogen-bond donors (Lipinski definition) is 2. The highest BCUT2D eigenvalue weighted by Crippen LogP contribution is 2.24. The summed E-state index contributed by atoms with van der Waals surface area (Å²) in [5.41, 5.74) is 2.69. The average molecular weight is 388 g/mol. The van der Waals surface area contributed by atoms with E-state index in [9.17, 15) is 4.79 Å². The summed E-state index contributed by atoms with van der Waals surface area (Å²) in [5, 5.41) is 12.1. The second kappa shape index (κ2) is 8.25. The Balaban J connectivity index is 1.66. The number of rotatable bonds is 6. The molecular weight excluding hydrogens is 370 g/mol. The fourth-order valence-corrected chi connectivity index (χ4v) is 3.31. The lowest BCUT2D eigenvalue weighted by atomic mass is 10.1. The molecule has 1 heterocycles. The van der Waals surface area contributed by atoms with Gasteiger partial charge in [0.15, 0.2) is 5.82 Å². The van der Waals surface area contributed by atoms with E-state index in [2.05, 4.69) is 15.5 Å². The fourth-order valence-electron chi connectivity index (χ4n) is 2.47. The van der Waals surface area contributed by atoms with Gasteiger partial charge in [0.05, 0.1) is 5.75 Å². The minimum absolute atomic E-state index is 0.122. The third-order valence-corrected chi connectivity index (χ3v) is 4.93. The number of carbonyl (C=O) groups is 1. The molecule has 0 bridgehead atoms. The highest BCUT2D eigenvalue weighted by molar-refractivity contribution is 7.99. The lowest BCUT2D eigenvalue weighted by Crippen LogP contribution is -2.17. The van der Waals surface area contributed by atoms with Gasteiger partial charge in [0.2, 0.25) is 11.1 Å². The second-order valence-electron chi connectivity index (χ2n) is 5.53. The van der Waals surface area contributed by atoms with Crippen molar-refractivity contribution in [3.8, 4) is 11.4 Å². The standard InChI is InChI=1S/C18H18ClN5OS/c1-2-12-6-3-4-9-15(12)21-16(25)11-26-18-23-22-17(24(18)20)13-7-5-8-14(19)10-13/h3-10H,2,11,20H2,1H3,(H,21,25). The molecular formula is C18H18ClN5OS. The van der Waals surface area contributed by atoms with Crippen LogP contribution in [-0.4, -0.2) is 26.5 Å². The number of aryl methyl sites for hydroxylation is 1. The molecule has 1 aromatic heterocycles. The molecule has 0 radical (unpaired) electrons. The van der Waals surface area contributed by atoms with Crippen LogP contribution in [0.2, 0.25) is 5.02 Å². The topological polar surface area (TPSA) is 85.8 Å². The highest BCUT2D eigenvalue weighted by atomic mass is 35.5. The van der Waals surface area contributed by atoms with Gasteiger partial charge in [-0.15, -0.1) is 10.2 Å². The van der Waals surface area contributed by atoms with Gasteiger partial charge >= 0.3 is 0 Å². The minimum atomic E-state index is -0.122. The molecule has 0 aliphatic rings. The zero-order chi connectivity index (χ0) is 18.5. The smallest absolute Gasteiger partial charge is 0.234 e. The molecule has 8 heteroatoms. The molecule has 0 saturated carbocycles. The fraction of sp³-hybridized carbons (Fsp3) is 0.167. The Morgan fingerprint density at radius 3 is 2.81 bits per heavy atom. The molecule has 3 aromatic rings. The number of thioether (sulfide) groups is 1. The van der Waals surface area contributed by atoms with Crippen LogP contribution in [0.25, 0.3) is 11.4 Å². The summed E-state index contributed by atoms with van der Waals surface area (Å²) in [6.07, 6.45) is 0.851. The number of carbonyl (C=O) groups excluding carboxylic acids is 1. The normalized spacial score (nSPS) is 10.7. The zero-order valence-electron chi connectivity index (χ0n) is 14.1. The average Bonchev–Trinajstić information content (AvgIpc) is 3.01. The van der Waals surface area contributed by atoms with E-state index in [1.165, 1.54) is 16.4 Å². The maximum atomic E-state index is 12.2. The Morgan fingerprint density at radius 2 is 2.04 bits per heavy atom. The molecule has 0 aliphatic heterocycles. The summed E-state index contributed by atoms with van der Waals surface area (Å²) in [4.78, 5) is 12.2. The number of benzene rings is 2. The van der Waals surface area contributed by atoms with Crippen LogP contribution in [0, 0.1) is 0 Å². The Hall–Kier alpha value is -2.51. The van der Waals surface area contributed by atoms with Crippen LogP contribution in [0.3, 0.4) is 0 Å². The number of nitrogens with zero attached hydrogens (tertiary/aromatic N) is 3. The van der Waals surface area contributed by atoms with Crippen LogP contribution < -0.4 is 11.2 Å². The molecule has 0 spiro atoms. The molecule has 0 unspecified atom stereocenters. The predicted octanol–water partition coefficient (Wildman–Crippen LogP) is 3.61. The van der Waals surface area contributed by atoms with Gasteiger partial charge in [0.1, 0.15) is 0 Å². The number of para-hydroxylation sites is 1. The summed E-state index contributed by atoms with van der Waals surface area (Å²) in [6, 6.07) is 14.9. The number of nitrogens with two attached hydrogens (primary N) is 1. The molecule has 2 aromatic carbocycles. The molecule has 0 fully saturated rings. The maximum Gasteiger partial charge on any atom is 0.234 e. The van der Waals surface area contributed by atoms with E-state index in [0.29, 0.717) is 16.0 Å². The first-order chi connectivity index (χ1) is 12.6. The highest BCUT2D eigenvalue weighted by Gasteiger charge is 2.14. The summed E-state index contributed by atoms with van der Waals surface area (Å²) in [6.45, 7) is 2.05. The molecule has 6 nitrogen and oxygen atoms in total. The van der Waals surface area contributed by atoms with Crippen LogP contribution in [0.1, 0.15) is 12.5 Å². The van der Waals surface area contributed by atoms with Gasteiger partial charge in [-0.05, 0) is 30.2 Å². The summed E-state index contributed by atoms with van der Waals surface area (Å²) >= 11 is 7.23. The number of halogens is 1. The van der Waals surface area contributed by atoms with Gasteiger partial charge in [0.25, 0.3) is 0 Å². The SMILES string of the molecule is CCc1ccccc1NC(=O)CSc1nnc(-c2cccc(Cl)c2)n1N. The van der Waals surface area contributed by atoms with E-state index < -0.39 is 0 Å². The Kier molecular flexibility index (Phi) is 5.80. The first-order valence-electron chi connectivity index (χ1n) is 8.05. The number of amides is 1. The van der Waals surface area contributed by atoms with E-state index in [4.69, 9.17) is 17.4 Å². The summed E-state index contributed by atoms with van der Waals surface area (Å²) < 4.78 is 1.36. The van der Waals surface area contributed by atoms with E-state index in [1.54, 1.807) is 12.1 Å². The predicted molar refractivity (Wildman–Crippen MR) is 106 cm³/mol.